The third-order valence-corrected chi connectivity index (χ3v) is 4.57. The minimum atomic E-state index is -0.246. The highest BCUT2D eigenvalue weighted by atomic mass is 16.2. The molecule has 3 N–H and O–H groups in total. The Labute approximate surface area is 130 Å². The van der Waals surface area contributed by atoms with Crippen LogP contribution in [0.25, 0.3) is 0 Å². The van der Waals surface area contributed by atoms with Gasteiger partial charge in [0.1, 0.15) is 0 Å². The summed E-state index contributed by atoms with van der Waals surface area (Å²) in [4.78, 5) is 26.2. The van der Waals surface area contributed by atoms with Crippen molar-refractivity contribution in [2.24, 2.45) is 17.6 Å². The number of carbonyl (C=O) groups excluding carboxylic acids is 2. The fourth-order valence-corrected chi connectivity index (χ4v) is 3.07. The van der Waals surface area contributed by atoms with Gasteiger partial charge in [-0.3, -0.25) is 9.59 Å². The fourth-order valence-electron chi connectivity index (χ4n) is 3.07. The van der Waals surface area contributed by atoms with Crippen LogP contribution < -0.4 is 11.1 Å². The SMILES string of the molecule is NCC(NC(=O)C1CC(=O)N(Cc2ccccc2)C1)C1CC1. The maximum absolute atomic E-state index is 12.3. The van der Waals surface area contributed by atoms with Crippen LogP contribution in [0.15, 0.2) is 30.3 Å². The lowest BCUT2D eigenvalue weighted by molar-refractivity contribution is -0.129. The number of hydrogen-bond donors (Lipinski definition) is 2. The van der Waals surface area contributed by atoms with Gasteiger partial charge in [0.2, 0.25) is 11.8 Å². The van der Waals surface area contributed by atoms with E-state index in [1.54, 1.807) is 4.90 Å². The molecule has 1 aromatic carbocycles. The molecule has 2 unspecified atom stereocenters. The van der Waals surface area contributed by atoms with Crippen LogP contribution in [0.3, 0.4) is 0 Å². The molecule has 2 fully saturated rings. The summed E-state index contributed by atoms with van der Waals surface area (Å²) in [5, 5.41) is 3.03. The van der Waals surface area contributed by atoms with Crippen LogP contribution in [0, 0.1) is 11.8 Å². The normalized spacial score (nSPS) is 22.7. The highest BCUT2D eigenvalue weighted by Crippen LogP contribution is 2.32. The molecule has 118 valence electrons. The Morgan fingerprint density at radius 3 is 2.68 bits per heavy atom. The number of rotatable bonds is 6. The summed E-state index contributed by atoms with van der Waals surface area (Å²) in [6.45, 7) is 1.55. The molecule has 1 saturated carbocycles. The van der Waals surface area contributed by atoms with Crippen LogP contribution in [0.5, 0.6) is 0 Å². The highest BCUT2D eigenvalue weighted by Gasteiger charge is 2.37. The molecule has 0 spiro atoms. The molecule has 1 heterocycles. The van der Waals surface area contributed by atoms with E-state index in [4.69, 9.17) is 5.73 Å². The van der Waals surface area contributed by atoms with Crippen molar-refractivity contribution in [1.29, 1.82) is 0 Å². The highest BCUT2D eigenvalue weighted by molar-refractivity contribution is 5.89. The van der Waals surface area contributed by atoms with Crippen molar-refractivity contribution in [3.8, 4) is 0 Å². The van der Waals surface area contributed by atoms with E-state index in [9.17, 15) is 9.59 Å². The second kappa shape index (κ2) is 6.48. The third kappa shape index (κ3) is 3.47. The standard InChI is InChI=1S/C17H23N3O2/c18-9-15(13-6-7-13)19-17(22)14-8-16(21)20(11-14)10-12-4-2-1-3-5-12/h1-5,13-15H,6-11,18H2,(H,19,22). The van der Waals surface area contributed by atoms with Gasteiger partial charge in [0, 0.05) is 32.1 Å². The monoisotopic (exact) mass is 301 g/mol. The molecule has 1 saturated heterocycles. The maximum Gasteiger partial charge on any atom is 0.225 e. The van der Waals surface area contributed by atoms with Gasteiger partial charge in [0.25, 0.3) is 0 Å². The molecule has 0 aromatic heterocycles. The van der Waals surface area contributed by atoms with Crippen LogP contribution in [-0.4, -0.2) is 35.8 Å². The number of nitrogens with two attached hydrogens (primary N) is 1. The zero-order valence-electron chi connectivity index (χ0n) is 12.7. The molecule has 2 amide bonds. The third-order valence-electron chi connectivity index (χ3n) is 4.57. The average Bonchev–Trinajstić information content (AvgIpc) is 3.30. The van der Waals surface area contributed by atoms with Gasteiger partial charge in [-0.1, -0.05) is 30.3 Å². The molecule has 5 nitrogen and oxygen atoms in total. The predicted octanol–water partition coefficient (Wildman–Crippen LogP) is 0.889. The molecule has 3 rings (SSSR count). The van der Waals surface area contributed by atoms with Gasteiger partial charge < -0.3 is 16.0 Å². The minimum Gasteiger partial charge on any atom is -0.352 e. The van der Waals surface area contributed by atoms with E-state index >= 15 is 0 Å². The summed E-state index contributed by atoms with van der Waals surface area (Å²) in [6, 6.07) is 9.95. The van der Waals surface area contributed by atoms with Crippen LogP contribution in [0.4, 0.5) is 0 Å². The van der Waals surface area contributed by atoms with E-state index in [2.05, 4.69) is 5.32 Å². The first-order valence-corrected chi connectivity index (χ1v) is 7.99. The first-order chi connectivity index (χ1) is 10.7. The molecule has 22 heavy (non-hydrogen) atoms. The Hall–Kier alpha value is -1.88. The van der Waals surface area contributed by atoms with Gasteiger partial charge in [-0.25, -0.2) is 0 Å². The van der Waals surface area contributed by atoms with Gasteiger partial charge >= 0.3 is 0 Å². The van der Waals surface area contributed by atoms with Gasteiger partial charge in [-0.15, -0.1) is 0 Å². The van der Waals surface area contributed by atoms with E-state index in [0.717, 1.165) is 18.4 Å². The number of hydrogen-bond acceptors (Lipinski definition) is 3. The van der Waals surface area contributed by atoms with E-state index in [-0.39, 0.29) is 23.8 Å². The van der Waals surface area contributed by atoms with E-state index in [1.807, 2.05) is 30.3 Å². The van der Waals surface area contributed by atoms with Crippen LogP contribution in [-0.2, 0) is 16.1 Å². The second-order valence-electron chi connectivity index (χ2n) is 6.35. The lowest BCUT2D eigenvalue weighted by atomic mass is 10.1. The number of likely N-dealkylation sites (tertiary alicyclic amines) is 1. The van der Waals surface area contributed by atoms with Crippen molar-refractivity contribution >= 4 is 11.8 Å². The number of nitrogens with zero attached hydrogens (tertiary/aromatic N) is 1. The Morgan fingerprint density at radius 2 is 2.05 bits per heavy atom. The molecule has 1 aliphatic heterocycles. The largest absolute Gasteiger partial charge is 0.352 e. The summed E-state index contributed by atoms with van der Waals surface area (Å²) in [5.74, 6) is 0.321. The summed E-state index contributed by atoms with van der Waals surface area (Å²) in [5.41, 5.74) is 6.82. The quantitative estimate of drug-likeness (QED) is 0.819. The minimum absolute atomic E-state index is 0.0220. The Kier molecular flexibility index (Phi) is 4.43. The smallest absolute Gasteiger partial charge is 0.225 e. The van der Waals surface area contributed by atoms with E-state index in [0.29, 0.717) is 32.0 Å². The summed E-state index contributed by atoms with van der Waals surface area (Å²) < 4.78 is 0. The van der Waals surface area contributed by atoms with Crippen molar-refractivity contribution in [2.45, 2.75) is 31.8 Å². The van der Waals surface area contributed by atoms with Gasteiger partial charge in [-0.2, -0.15) is 0 Å². The molecule has 2 atom stereocenters. The number of amides is 2. The van der Waals surface area contributed by atoms with E-state index in [1.165, 1.54) is 0 Å². The zero-order valence-corrected chi connectivity index (χ0v) is 12.7. The molecular weight excluding hydrogens is 278 g/mol. The van der Waals surface area contributed by atoms with Crippen molar-refractivity contribution in [2.75, 3.05) is 13.1 Å². The average molecular weight is 301 g/mol. The van der Waals surface area contributed by atoms with Crippen molar-refractivity contribution in [3.63, 3.8) is 0 Å². The number of nitrogens with one attached hydrogen (secondary N) is 1. The fraction of sp³-hybridized carbons (Fsp3) is 0.529. The predicted molar refractivity (Wildman–Crippen MR) is 83.7 cm³/mol. The Balaban J connectivity index is 1.55. The zero-order chi connectivity index (χ0) is 15.5. The lowest BCUT2D eigenvalue weighted by Crippen LogP contribution is -2.45. The van der Waals surface area contributed by atoms with Crippen LogP contribution in [0.2, 0.25) is 0 Å². The summed E-state index contributed by atoms with van der Waals surface area (Å²) in [7, 11) is 0. The van der Waals surface area contributed by atoms with Gasteiger partial charge in [0.05, 0.1) is 5.92 Å². The molecule has 1 aliphatic carbocycles. The summed E-state index contributed by atoms with van der Waals surface area (Å²) in [6.07, 6.45) is 2.60. The van der Waals surface area contributed by atoms with Crippen molar-refractivity contribution in [3.05, 3.63) is 35.9 Å². The first-order valence-electron chi connectivity index (χ1n) is 7.99. The number of benzene rings is 1. The summed E-state index contributed by atoms with van der Waals surface area (Å²) >= 11 is 0. The topological polar surface area (TPSA) is 75.4 Å². The van der Waals surface area contributed by atoms with Gasteiger partial charge in [0.15, 0.2) is 0 Å². The lowest BCUT2D eigenvalue weighted by Gasteiger charge is -2.19. The molecule has 0 bridgehead atoms. The molecule has 0 radical (unpaired) electrons. The van der Waals surface area contributed by atoms with Crippen molar-refractivity contribution < 1.29 is 9.59 Å². The molecule has 1 aromatic rings. The Morgan fingerprint density at radius 1 is 1.32 bits per heavy atom. The van der Waals surface area contributed by atoms with Crippen molar-refractivity contribution in [1.82, 2.24) is 10.2 Å². The number of carbonyl (C=O) groups is 2. The molecule has 2 aliphatic rings. The first kappa shape index (κ1) is 15.0. The molecule has 5 heteroatoms. The van der Waals surface area contributed by atoms with Crippen LogP contribution in [0.1, 0.15) is 24.8 Å². The maximum atomic E-state index is 12.3. The molecular formula is C17H23N3O2. The van der Waals surface area contributed by atoms with Gasteiger partial charge in [-0.05, 0) is 24.3 Å². The van der Waals surface area contributed by atoms with E-state index < -0.39 is 0 Å². The Bertz CT molecular complexity index is 542. The van der Waals surface area contributed by atoms with Crippen LogP contribution >= 0.6 is 0 Å². The second-order valence-corrected chi connectivity index (χ2v) is 6.35.